The van der Waals surface area contributed by atoms with Crippen LogP contribution in [0.4, 0.5) is 4.39 Å². The van der Waals surface area contributed by atoms with E-state index in [2.05, 4.69) is 59.9 Å². The van der Waals surface area contributed by atoms with E-state index in [1.54, 1.807) is 6.20 Å². The van der Waals surface area contributed by atoms with Gasteiger partial charge in [0.15, 0.2) is 0 Å². The summed E-state index contributed by atoms with van der Waals surface area (Å²) in [6.07, 6.45) is 15.0. The maximum absolute atomic E-state index is 13.4. The summed E-state index contributed by atoms with van der Waals surface area (Å²) in [4.78, 5) is 6.16. The van der Waals surface area contributed by atoms with Crippen molar-refractivity contribution in [2.24, 2.45) is 5.92 Å². The van der Waals surface area contributed by atoms with Gasteiger partial charge in [0.1, 0.15) is 0 Å². The summed E-state index contributed by atoms with van der Waals surface area (Å²) in [6, 6.07) is 1.48. The van der Waals surface area contributed by atoms with Crippen molar-refractivity contribution < 1.29 is 4.39 Å². The second-order valence-corrected chi connectivity index (χ2v) is 7.85. The number of halogens is 1. The topological polar surface area (TPSA) is 28.2 Å². The monoisotopic (exact) mass is 397 g/mol. The first kappa shape index (κ1) is 22.9. The maximum Gasteiger partial charge on any atom is 0.213 e. The molecule has 0 radical (unpaired) electrons. The molecular weight excluding hydrogens is 361 g/mol. The van der Waals surface area contributed by atoms with E-state index in [1.807, 2.05) is 13.8 Å². The lowest BCUT2D eigenvalue weighted by molar-refractivity contribution is 0.380. The number of aromatic nitrogens is 1. The number of hydrogen-bond donors (Lipinski definition) is 1. The predicted molar refractivity (Wildman–Crippen MR) is 122 cm³/mol. The zero-order valence-corrected chi connectivity index (χ0v) is 18.5. The van der Waals surface area contributed by atoms with Crippen molar-refractivity contribution in [3.05, 3.63) is 71.5 Å². The third-order valence-corrected chi connectivity index (χ3v) is 5.39. The van der Waals surface area contributed by atoms with Crippen molar-refractivity contribution in [2.75, 3.05) is 19.6 Å². The summed E-state index contributed by atoms with van der Waals surface area (Å²) in [6.45, 7) is 15.2. The van der Waals surface area contributed by atoms with Crippen molar-refractivity contribution in [3.8, 4) is 0 Å². The second kappa shape index (κ2) is 11.6. The Bertz CT molecular complexity index is 772. The highest BCUT2D eigenvalue weighted by Crippen LogP contribution is 2.33. The minimum atomic E-state index is -0.442. The Kier molecular flexibility index (Phi) is 9.17. The summed E-state index contributed by atoms with van der Waals surface area (Å²) < 4.78 is 13.4. The van der Waals surface area contributed by atoms with Gasteiger partial charge in [0.25, 0.3) is 0 Å². The van der Waals surface area contributed by atoms with Crippen molar-refractivity contribution in [1.29, 1.82) is 0 Å². The molecule has 0 bridgehead atoms. The highest BCUT2D eigenvalue weighted by molar-refractivity contribution is 5.64. The van der Waals surface area contributed by atoms with Gasteiger partial charge in [0.2, 0.25) is 5.95 Å². The van der Waals surface area contributed by atoms with Crippen LogP contribution >= 0.6 is 0 Å². The van der Waals surface area contributed by atoms with Gasteiger partial charge in [-0.3, -0.25) is 0 Å². The van der Waals surface area contributed by atoms with E-state index < -0.39 is 5.95 Å². The van der Waals surface area contributed by atoms with E-state index in [0.29, 0.717) is 0 Å². The highest BCUT2D eigenvalue weighted by atomic mass is 19.1. The molecule has 2 rings (SSSR count). The molecule has 1 aliphatic carbocycles. The van der Waals surface area contributed by atoms with Gasteiger partial charge < -0.3 is 10.2 Å². The Morgan fingerprint density at radius 1 is 1.34 bits per heavy atom. The SMILES string of the molecule is C=C(c1cnc(F)cc1C)N(CCNC(/C=C\C(C)=C/C)=C\CC)CCC1CC1. The van der Waals surface area contributed by atoms with E-state index >= 15 is 0 Å². The molecule has 1 N–H and O–H groups in total. The van der Waals surface area contributed by atoms with E-state index in [0.717, 1.165) is 54.5 Å². The van der Waals surface area contributed by atoms with Gasteiger partial charge in [-0.1, -0.05) is 50.1 Å². The molecular formula is C25H36FN3. The smallest absolute Gasteiger partial charge is 0.213 e. The molecule has 1 aliphatic rings. The third kappa shape index (κ3) is 7.88. The van der Waals surface area contributed by atoms with Gasteiger partial charge >= 0.3 is 0 Å². The van der Waals surface area contributed by atoms with E-state index in [4.69, 9.17) is 0 Å². The number of rotatable bonds is 12. The van der Waals surface area contributed by atoms with Crippen molar-refractivity contribution in [2.45, 2.75) is 53.4 Å². The minimum absolute atomic E-state index is 0.442. The molecule has 1 aromatic rings. The lowest BCUT2D eigenvalue weighted by Crippen LogP contribution is -2.31. The number of aryl methyl sites for hydroxylation is 1. The zero-order valence-electron chi connectivity index (χ0n) is 18.5. The van der Waals surface area contributed by atoms with Crippen LogP contribution < -0.4 is 5.32 Å². The first-order chi connectivity index (χ1) is 13.9. The Morgan fingerprint density at radius 2 is 2.10 bits per heavy atom. The summed E-state index contributed by atoms with van der Waals surface area (Å²) in [5.74, 6) is 0.413. The standard InChI is InChI=1S/C25H36FN3/c1-6-8-23(12-9-19(3)7-2)27-14-16-29(15-13-22-10-11-22)21(5)24-18-28-25(26)17-20(24)4/h7-9,12,17-18,22,27H,5-6,10-11,13-16H2,1-4H3/b12-9-,19-7-,23-8-. The number of nitrogens with zero attached hydrogens (tertiary/aromatic N) is 2. The van der Waals surface area contributed by atoms with Crippen molar-refractivity contribution >= 4 is 5.70 Å². The van der Waals surface area contributed by atoms with Gasteiger partial charge in [-0.25, -0.2) is 4.98 Å². The molecule has 29 heavy (non-hydrogen) atoms. The van der Waals surface area contributed by atoms with Crippen LogP contribution in [0.2, 0.25) is 0 Å². The molecule has 1 fully saturated rings. The minimum Gasteiger partial charge on any atom is -0.384 e. The Balaban J connectivity index is 2.02. The van der Waals surface area contributed by atoms with Crippen LogP contribution in [0.5, 0.6) is 0 Å². The van der Waals surface area contributed by atoms with Gasteiger partial charge in [0.05, 0.1) is 0 Å². The van der Waals surface area contributed by atoms with Crippen LogP contribution in [0.1, 0.15) is 57.6 Å². The van der Waals surface area contributed by atoms with Gasteiger partial charge in [0, 0.05) is 42.8 Å². The summed E-state index contributed by atoms with van der Waals surface area (Å²) in [7, 11) is 0. The van der Waals surface area contributed by atoms with Gasteiger partial charge in [-0.2, -0.15) is 4.39 Å². The predicted octanol–water partition coefficient (Wildman–Crippen LogP) is 6.01. The lowest BCUT2D eigenvalue weighted by atomic mass is 10.1. The molecule has 1 saturated carbocycles. The van der Waals surface area contributed by atoms with Crippen molar-refractivity contribution in [3.63, 3.8) is 0 Å². The first-order valence-corrected chi connectivity index (χ1v) is 10.8. The molecule has 0 atom stereocenters. The Morgan fingerprint density at radius 3 is 2.72 bits per heavy atom. The molecule has 3 nitrogen and oxygen atoms in total. The lowest BCUT2D eigenvalue weighted by Gasteiger charge is -2.28. The molecule has 0 amide bonds. The Hall–Kier alpha value is -2.36. The number of hydrogen-bond acceptors (Lipinski definition) is 3. The number of allylic oxidation sites excluding steroid dienone is 5. The summed E-state index contributed by atoms with van der Waals surface area (Å²) in [5.41, 5.74) is 5.12. The molecule has 1 heterocycles. The molecule has 4 heteroatoms. The first-order valence-electron chi connectivity index (χ1n) is 10.8. The van der Waals surface area contributed by atoms with Gasteiger partial charge in [-0.05, 0) is 57.2 Å². The van der Waals surface area contributed by atoms with E-state index in [9.17, 15) is 4.39 Å². The van der Waals surface area contributed by atoms with Crippen LogP contribution in [-0.2, 0) is 0 Å². The largest absolute Gasteiger partial charge is 0.384 e. The molecule has 1 aromatic heterocycles. The number of nitrogens with one attached hydrogen (secondary N) is 1. The third-order valence-electron chi connectivity index (χ3n) is 5.39. The fourth-order valence-electron chi connectivity index (χ4n) is 3.19. The molecule has 0 aliphatic heterocycles. The van der Waals surface area contributed by atoms with Crippen LogP contribution in [0.3, 0.4) is 0 Å². The highest BCUT2D eigenvalue weighted by Gasteiger charge is 2.22. The average Bonchev–Trinajstić information content (AvgIpc) is 3.52. The molecule has 0 aromatic carbocycles. The normalized spacial score (nSPS) is 15.1. The summed E-state index contributed by atoms with van der Waals surface area (Å²) >= 11 is 0. The van der Waals surface area contributed by atoms with E-state index in [-0.39, 0.29) is 0 Å². The van der Waals surface area contributed by atoms with Crippen LogP contribution in [-0.4, -0.2) is 29.5 Å². The maximum atomic E-state index is 13.4. The number of pyridine rings is 1. The summed E-state index contributed by atoms with van der Waals surface area (Å²) in [5, 5.41) is 3.55. The molecule has 0 unspecified atom stereocenters. The van der Waals surface area contributed by atoms with Gasteiger partial charge in [-0.15, -0.1) is 0 Å². The van der Waals surface area contributed by atoms with Crippen LogP contribution in [0.25, 0.3) is 5.70 Å². The molecule has 0 spiro atoms. The molecule has 0 saturated heterocycles. The second-order valence-electron chi connectivity index (χ2n) is 7.85. The fraction of sp³-hybridized carbons (Fsp3) is 0.480. The van der Waals surface area contributed by atoms with E-state index in [1.165, 1.54) is 30.9 Å². The average molecular weight is 398 g/mol. The zero-order chi connectivity index (χ0) is 21.2. The fourth-order valence-corrected chi connectivity index (χ4v) is 3.19. The van der Waals surface area contributed by atoms with Crippen molar-refractivity contribution in [1.82, 2.24) is 15.2 Å². The molecule has 158 valence electrons. The quantitative estimate of drug-likeness (QED) is 0.346. The van der Waals surface area contributed by atoms with Crippen LogP contribution in [0, 0.1) is 18.8 Å². The Labute approximate surface area is 176 Å². The van der Waals surface area contributed by atoms with Crippen LogP contribution in [0.15, 0.2) is 54.4 Å².